The van der Waals surface area contributed by atoms with E-state index < -0.39 is 0 Å². The SMILES string of the molecule is COc1ccc(C(C)N2CCNC3CCCC32)cc1. The molecule has 3 unspecified atom stereocenters. The molecule has 1 aliphatic carbocycles. The molecule has 1 saturated carbocycles. The first kappa shape index (κ1) is 12.9. The van der Waals surface area contributed by atoms with Gasteiger partial charge >= 0.3 is 0 Å². The van der Waals surface area contributed by atoms with Crippen molar-refractivity contribution < 1.29 is 4.74 Å². The molecule has 3 rings (SSSR count). The zero-order chi connectivity index (χ0) is 13.2. The Bertz CT molecular complexity index is 417. The fourth-order valence-electron chi connectivity index (χ4n) is 3.68. The summed E-state index contributed by atoms with van der Waals surface area (Å²) in [7, 11) is 1.72. The molecule has 1 N–H and O–H groups in total. The topological polar surface area (TPSA) is 24.5 Å². The van der Waals surface area contributed by atoms with Crippen molar-refractivity contribution >= 4 is 0 Å². The predicted octanol–water partition coefficient (Wildman–Crippen LogP) is 2.58. The molecule has 0 radical (unpaired) electrons. The number of hydrogen-bond acceptors (Lipinski definition) is 3. The summed E-state index contributed by atoms with van der Waals surface area (Å²) in [6.07, 6.45) is 4.06. The lowest BCUT2D eigenvalue weighted by atomic mass is 10.0. The van der Waals surface area contributed by atoms with Crippen molar-refractivity contribution in [2.45, 2.75) is 44.3 Å². The number of fused-ring (bicyclic) bond motifs is 1. The van der Waals surface area contributed by atoms with Crippen LogP contribution in [0.3, 0.4) is 0 Å². The molecule has 0 bridgehead atoms. The van der Waals surface area contributed by atoms with Crippen molar-refractivity contribution in [3.63, 3.8) is 0 Å². The highest BCUT2D eigenvalue weighted by Gasteiger charge is 2.37. The van der Waals surface area contributed by atoms with E-state index in [1.165, 1.54) is 24.8 Å². The van der Waals surface area contributed by atoms with Crippen molar-refractivity contribution in [3.8, 4) is 5.75 Å². The van der Waals surface area contributed by atoms with Gasteiger partial charge in [-0.25, -0.2) is 0 Å². The zero-order valence-corrected chi connectivity index (χ0v) is 11.9. The van der Waals surface area contributed by atoms with Gasteiger partial charge in [-0.2, -0.15) is 0 Å². The molecular weight excluding hydrogens is 236 g/mol. The number of ether oxygens (including phenoxy) is 1. The lowest BCUT2D eigenvalue weighted by Gasteiger charge is -2.42. The van der Waals surface area contributed by atoms with Crippen molar-refractivity contribution in [1.29, 1.82) is 0 Å². The summed E-state index contributed by atoms with van der Waals surface area (Å²) in [6, 6.07) is 10.5. The first-order valence-electron chi connectivity index (χ1n) is 7.42. The van der Waals surface area contributed by atoms with E-state index in [0.717, 1.165) is 30.9 Å². The molecule has 3 atom stereocenters. The molecule has 1 aliphatic heterocycles. The summed E-state index contributed by atoms with van der Waals surface area (Å²) < 4.78 is 5.24. The third kappa shape index (κ3) is 2.49. The fourth-order valence-corrected chi connectivity index (χ4v) is 3.68. The quantitative estimate of drug-likeness (QED) is 0.904. The van der Waals surface area contributed by atoms with Gasteiger partial charge in [-0.05, 0) is 37.5 Å². The first-order valence-corrected chi connectivity index (χ1v) is 7.42. The normalized spacial score (nSPS) is 28.9. The van der Waals surface area contributed by atoms with Gasteiger partial charge in [-0.1, -0.05) is 18.6 Å². The van der Waals surface area contributed by atoms with Gasteiger partial charge < -0.3 is 10.1 Å². The highest BCUT2D eigenvalue weighted by molar-refractivity contribution is 5.29. The van der Waals surface area contributed by atoms with Crippen LogP contribution in [-0.2, 0) is 0 Å². The van der Waals surface area contributed by atoms with Crippen LogP contribution in [0.2, 0.25) is 0 Å². The molecule has 3 heteroatoms. The van der Waals surface area contributed by atoms with Crippen LogP contribution in [0.4, 0.5) is 0 Å². The van der Waals surface area contributed by atoms with E-state index in [0.29, 0.717) is 6.04 Å². The minimum Gasteiger partial charge on any atom is -0.497 e. The minimum atomic E-state index is 0.499. The molecule has 3 nitrogen and oxygen atoms in total. The predicted molar refractivity (Wildman–Crippen MR) is 77.5 cm³/mol. The lowest BCUT2D eigenvalue weighted by Crippen LogP contribution is -2.55. The van der Waals surface area contributed by atoms with Crippen molar-refractivity contribution in [1.82, 2.24) is 10.2 Å². The number of methoxy groups -OCH3 is 1. The molecule has 2 fully saturated rings. The third-order valence-electron chi connectivity index (χ3n) is 4.78. The summed E-state index contributed by atoms with van der Waals surface area (Å²) in [5.41, 5.74) is 1.40. The molecule has 1 saturated heterocycles. The summed E-state index contributed by atoms with van der Waals surface area (Å²) in [6.45, 7) is 4.62. The third-order valence-corrected chi connectivity index (χ3v) is 4.78. The van der Waals surface area contributed by atoms with E-state index in [2.05, 4.69) is 41.4 Å². The molecule has 0 spiro atoms. The van der Waals surface area contributed by atoms with Crippen LogP contribution in [-0.4, -0.2) is 37.2 Å². The van der Waals surface area contributed by atoms with Crippen LogP contribution in [0.1, 0.15) is 37.8 Å². The standard InChI is InChI=1S/C16H24N2O/c1-12(13-6-8-14(19-2)9-7-13)18-11-10-17-15-4-3-5-16(15)18/h6-9,12,15-17H,3-5,10-11H2,1-2H3. The van der Waals surface area contributed by atoms with Gasteiger partial charge in [0, 0.05) is 31.2 Å². The number of hydrogen-bond donors (Lipinski definition) is 1. The highest BCUT2D eigenvalue weighted by atomic mass is 16.5. The van der Waals surface area contributed by atoms with Crippen LogP contribution in [0, 0.1) is 0 Å². The van der Waals surface area contributed by atoms with E-state index in [1.54, 1.807) is 7.11 Å². The number of benzene rings is 1. The zero-order valence-electron chi connectivity index (χ0n) is 11.9. The average Bonchev–Trinajstić information content (AvgIpc) is 2.95. The molecule has 0 aromatic heterocycles. The number of rotatable bonds is 3. The molecule has 1 aromatic rings. The van der Waals surface area contributed by atoms with Crippen molar-refractivity contribution in [2.75, 3.05) is 20.2 Å². The maximum absolute atomic E-state index is 5.24. The van der Waals surface area contributed by atoms with Crippen LogP contribution < -0.4 is 10.1 Å². The smallest absolute Gasteiger partial charge is 0.118 e. The van der Waals surface area contributed by atoms with Crippen molar-refractivity contribution in [2.24, 2.45) is 0 Å². The van der Waals surface area contributed by atoms with Crippen LogP contribution in [0.5, 0.6) is 5.75 Å². The van der Waals surface area contributed by atoms with Gasteiger partial charge in [0.15, 0.2) is 0 Å². The maximum atomic E-state index is 5.24. The Balaban J connectivity index is 1.76. The lowest BCUT2D eigenvalue weighted by molar-refractivity contribution is 0.0951. The molecule has 1 aromatic carbocycles. The van der Waals surface area contributed by atoms with Gasteiger partial charge in [0.05, 0.1) is 7.11 Å². The molecule has 0 amide bonds. The van der Waals surface area contributed by atoms with Gasteiger partial charge in [-0.3, -0.25) is 4.90 Å². The van der Waals surface area contributed by atoms with E-state index in [1.807, 2.05) is 0 Å². The first-order chi connectivity index (χ1) is 9.29. The minimum absolute atomic E-state index is 0.499. The summed E-state index contributed by atoms with van der Waals surface area (Å²) >= 11 is 0. The van der Waals surface area contributed by atoms with Crippen LogP contribution in [0.15, 0.2) is 24.3 Å². The largest absolute Gasteiger partial charge is 0.497 e. The Morgan fingerprint density at radius 3 is 2.79 bits per heavy atom. The second-order valence-electron chi connectivity index (χ2n) is 5.75. The second kappa shape index (κ2) is 5.51. The van der Waals surface area contributed by atoms with E-state index in [9.17, 15) is 0 Å². The average molecular weight is 260 g/mol. The van der Waals surface area contributed by atoms with E-state index in [4.69, 9.17) is 4.74 Å². The molecule has 1 heterocycles. The Morgan fingerprint density at radius 2 is 2.05 bits per heavy atom. The molecule has 19 heavy (non-hydrogen) atoms. The van der Waals surface area contributed by atoms with Gasteiger partial charge in [-0.15, -0.1) is 0 Å². The monoisotopic (exact) mass is 260 g/mol. The molecular formula is C16H24N2O. The Labute approximate surface area is 115 Å². The van der Waals surface area contributed by atoms with Gasteiger partial charge in [0.25, 0.3) is 0 Å². The second-order valence-corrected chi connectivity index (χ2v) is 5.75. The number of nitrogens with zero attached hydrogens (tertiary/aromatic N) is 1. The summed E-state index contributed by atoms with van der Waals surface area (Å²) in [5, 5.41) is 3.67. The fraction of sp³-hybridized carbons (Fsp3) is 0.625. The van der Waals surface area contributed by atoms with Crippen LogP contribution in [0.25, 0.3) is 0 Å². The Morgan fingerprint density at radius 1 is 1.26 bits per heavy atom. The maximum Gasteiger partial charge on any atom is 0.118 e. The van der Waals surface area contributed by atoms with Gasteiger partial charge in [0.2, 0.25) is 0 Å². The van der Waals surface area contributed by atoms with Crippen molar-refractivity contribution in [3.05, 3.63) is 29.8 Å². The molecule has 2 aliphatic rings. The van der Waals surface area contributed by atoms with E-state index >= 15 is 0 Å². The van der Waals surface area contributed by atoms with Crippen LogP contribution >= 0.6 is 0 Å². The number of piperazine rings is 1. The Hall–Kier alpha value is -1.06. The number of nitrogens with one attached hydrogen (secondary N) is 1. The highest BCUT2D eigenvalue weighted by Crippen LogP contribution is 2.33. The summed E-state index contributed by atoms with van der Waals surface area (Å²) in [4.78, 5) is 2.69. The van der Waals surface area contributed by atoms with Gasteiger partial charge in [0.1, 0.15) is 5.75 Å². The van der Waals surface area contributed by atoms with E-state index in [-0.39, 0.29) is 0 Å². The summed E-state index contributed by atoms with van der Waals surface area (Å²) in [5.74, 6) is 0.940. The Kier molecular flexibility index (Phi) is 3.76. The molecule has 104 valence electrons.